The van der Waals surface area contributed by atoms with Crippen LogP contribution in [-0.2, 0) is 39.7 Å². The smallest absolute Gasteiger partial charge is 0.237 e. The van der Waals surface area contributed by atoms with E-state index in [9.17, 15) is 14.7 Å². The van der Waals surface area contributed by atoms with Crippen molar-refractivity contribution in [2.75, 3.05) is 58.3 Å². The second-order valence-corrected chi connectivity index (χ2v) is 14.4. The predicted octanol–water partition coefficient (Wildman–Crippen LogP) is 2.54. The average molecular weight is 668 g/mol. The maximum atomic E-state index is 13.9. The number of thioether (sulfide) groups is 1. The summed E-state index contributed by atoms with van der Waals surface area (Å²) < 4.78 is 27.5. The Morgan fingerprint density at radius 3 is 2.28 bits per heavy atom. The topological polar surface area (TPSA) is 143 Å². The van der Waals surface area contributed by atoms with Crippen molar-refractivity contribution in [2.24, 2.45) is 11.8 Å². The van der Waals surface area contributed by atoms with Gasteiger partial charge in [0.1, 0.15) is 24.0 Å². The summed E-state index contributed by atoms with van der Waals surface area (Å²) in [5.74, 6) is 1.08. The lowest BCUT2D eigenvalue weighted by Gasteiger charge is -2.31. The Morgan fingerprint density at radius 1 is 1.00 bits per heavy atom. The van der Waals surface area contributed by atoms with Crippen molar-refractivity contribution in [3.05, 3.63) is 35.9 Å². The van der Waals surface area contributed by atoms with Crippen molar-refractivity contribution in [2.45, 2.75) is 96.0 Å². The zero-order valence-corrected chi connectivity index (χ0v) is 29.3. The molecule has 0 aliphatic carbocycles. The molecule has 2 amide bonds. The number of hydrogen-bond donors (Lipinski definition) is 4. The molecule has 4 N–H and O–H groups in total. The maximum absolute atomic E-state index is 13.9. The number of rotatable bonds is 25. The Morgan fingerprint density at radius 2 is 1.65 bits per heavy atom. The van der Waals surface area contributed by atoms with Crippen molar-refractivity contribution >= 4 is 23.6 Å². The van der Waals surface area contributed by atoms with Gasteiger partial charge in [-0.15, -0.1) is 11.8 Å². The highest BCUT2D eigenvalue weighted by Gasteiger charge is 2.62. The van der Waals surface area contributed by atoms with Crippen LogP contribution in [0.5, 0.6) is 0 Å². The van der Waals surface area contributed by atoms with Gasteiger partial charge in [-0.05, 0) is 43.6 Å². The van der Waals surface area contributed by atoms with E-state index >= 15 is 0 Å². The molecule has 3 unspecified atom stereocenters. The number of ether oxygens (including phenoxy) is 5. The Hall–Kier alpha value is -1.77. The van der Waals surface area contributed by atoms with Crippen LogP contribution in [0.15, 0.2) is 30.3 Å². The van der Waals surface area contributed by atoms with Crippen LogP contribution in [0.2, 0.25) is 0 Å². The second-order valence-electron chi connectivity index (χ2n) is 13.3. The van der Waals surface area contributed by atoms with Crippen LogP contribution in [-0.4, -0.2) is 117 Å². The van der Waals surface area contributed by atoms with Crippen LogP contribution in [0.25, 0.3) is 0 Å². The number of aliphatic hydroxyl groups excluding tert-OH is 1. The third-order valence-electron chi connectivity index (χ3n) is 8.01. The van der Waals surface area contributed by atoms with Gasteiger partial charge in [-0.1, -0.05) is 58.0 Å². The van der Waals surface area contributed by atoms with Gasteiger partial charge in [0.25, 0.3) is 0 Å². The summed E-state index contributed by atoms with van der Waals surface area (Å²) in [4.78, 5) is 26.8. The minimum absolute atomic E-state index is 0.0298. The van der Waals surface area contributed by atoms with Crippen LogP contribution in [0.4, 0.5) is 0 Å². The minimum atomic E-state index is -1.13. The summed E-state index contributed by atoms with van der Waals surface area (Å²) in [6, 6.07) is 8.25. The van der Waals surface area contributed by atoms with E-state index in [2.05, 4.69) is 29.8 Å². The molecule has 2 fully saturated rings. The van der Waals surface area contributed by atoms with E-state index in [1.165, 1.54) is 11.8 Å². The molecular weight excluding hydrogens is 610 g/mol. The Bertz CT molecular complexity index is 1030. The summed E-state index contributed by atoms with van der Waals surface area (Å²) in [5.41, 5.74) is 0.696. The molecule has 12 heteroatoms. The SMILES string of the molecule is COCCOCCOCCSCC(=O)N[C@@H](CC(C)C)C(O)N[C@@H](Cc1ccccc1)C(=O)N[C@@H](CC(C)C)C1OC1[C@@]1(C)CO1. The molecule has 0 radical (unpaired) electrons. The molecule has 1 aromatic carbocycles. The predicted molar refractivity (Wildman–Crippen MR) is 180 cm³/mol. The molecule has 7 atom stereocenters. The number of amides is 2. The zero-order chi connectivity index (χ0) is 33.5. The molecule has 2 heterocycles. The van der Waals surface area contributed by atoms with Gasteiger partial charge in [0.05, 0.1) is 63.5 Å². The van der Waals surface area contributed by atoms with Crippen LogP contribution in [0, 0.1) is 11.8 Å². The lowest BCUT2D eigenvalue weighted by atomic mass is 9.95. The first-order valence-corrected chi connectivity index (χ1v) is 17.8. The fourth-order valence-corrected chi connectivity index (χ4v) is 6.08. The lowest BCUT2D eigenvalue weighted by Crippen LogP contribution is -2.58. The summed E-state index contributed by atoms with van der Waals surface area (Å²) in [5, 5.41) is 20.8. The Labute approximate surface area is 279 Å². The van der Waals surface area contributed by atoms with Crippen molar-refractivity contribution in [1.29, 1.82) is 0 Å². The van der Waals surface area contributed by atoms with Crippen molar-refractivity contribution in [3.63, 3.8) is 0 Å². The van der Waals surface area contributed by atoms with E-state index in [1.807, 2.05) is 51.1 Å². The van der Waals surface area contributed by atoms with Gasteiger partial charge in [0.2, 0.25) is 11.8 Å². The first kappa shape index (κ1) is 38.7. The molecule has 2 aliphatic rings. The summed E-state index contributed by atoms with van der Waals surface area (Å²) in [6.07, 6.45) is 0.417. The number of nitrogens with one attached hydrogen (secondary N) is 3. The van der Waals surface area contributed by atoms with Crippen molar-refractivity contribution in [3.8, 4) is 0 Å². The number of benzene rings is 1. The molecule has 1 aromatic rings. The average Bonchev–Trinajstić information content (AvgIpc) is 3.94. The molecule has 0 saturated carbocycles. The summed E-state index contributed by atoms with van der Waals surface area (Å²) in [6.45, 7) is 13.6. The van der Waals surface area contributed by atoms with Gasteiger partial charge < -0.3 is 39.4 Å². The fourth-order valence-electron chi connectivity index (χ4n) is 5.44. The molecule has 0 spiro atoms. The molecular formula is C34H57N3O8S. The molecule has 46 heavy (non-hydrogen) atoms. The number of epoxide rings is 2. The van der Waals surface area contributed by atoms with E-state index in [-0.39, 0.29) is 47.3 Å². The van der Waals surface area contributed by atoms with Crippen molar-refractivity contribution < 1.29 is 38.4 Å². The number of hydrogen-bond acceptors (Lipinski definition) is 10. The number of carbonyl (C=O) groups is 2. The molecule has 262 valence electrons. The largest absolute Gasteiger partial charge is 0.382 e. The highest BCUT2D eigenvalue weighted by atomic mass is 32.2. The van der Waals surface area contributed by atoms with E-state index in [0.717, 1.165) is 12.0 Å². The Balaban J connectivity index is 1.56. The second kappa shape index (κ2) is 19.9. The maximum Gasteiger partial charge on any atom is 0.237 e. The fraction of sp³-hybridized carbons (Fsp3) is 0.765. The quantitative estimate of drug-likeness (QED) is 0.0698. The van der Waals surface area contributed by atoms with Gasteiger partial charge in [0, 0.05) is 12.9 Å². The molecule has 0 bridgehead atoms. The highest BCUT2D eigenvalue weighted by molar-refractivity contribution is 7.99. The number of carbonyl (C=O) groups excluding carboxylic acids is 2. The lowest BCUT2D eigenvalue weighted by molar-refractivity contribution is -0.125. The molecule has 11 nitrogen and oxygen atoms in total. The molecule has 2 aliphatic heterocycles. The number of methoxy groups -OCH3 is 1. The third kappa shape index (κ3) is 14.1. The van der Waals surface area contributed by atoms with Gasteiger partial charge >= 0.3 is 0 Å². The highest BCUT2D eigenvalue weighted by Crippen LogP contribution is 2.45. The zero-order valence-electron chi connectivity index (χ0n) is 28.5. The van der Waals surface area contributed by atoms with Crippen molar-refractivity contribution in [1.82, 2.24) is 16.0 Å². The molecule has 3 rings (SSSR count). The van der Waals surface area contributed by atoms with Gasteiger partial charge in [-0.2, -0.15) is 0 Å². The minimum Gasteiger partial charge on any atom is -0.382 e. The normalized spacial score (nSPS) is 23.2. The van der Waals surface area contributed by atoms with Crippen LogP contribution in [0.3, 0.4) is 0 Å². The standard InChI is InChI=1S/C34H57N3O8S/c1-23(2)18-26(30-31(45-30)34(5)22-44-34)36-33(40)28(20-25-10-8-7-9-11-25)37-32(39)27(19-24(3)4)35-29(38)21-46-17-16-43-15-14-42-13-12-41-6/h7-11,23-24,26-28,30-32,37,39H,12-22H2,1-6H3,(H,35,38)(H,36,40)/t26-,27-,28-,30?,31?,32?,34+/m0/s1. The van der Waals surface area contributed by atoms with E-state index < -0.39 is 18.3 Å². The van der Waals surface area contributed by atoms with Gasteiger partial charge in [-0.25, -0.2) is 0 Å². The molecule has 2 saturated heterocycles. The van der Waals surface area contributed by atoms with Crippen LogP contribution < -0.4 is 16.0 Å². The summed E-state index contributed by atoms with van der Waals surface area (Å²) in [7, 11) is 1.63. The first-order valence-electron chi connectivity index (χ1n) is 16.6. The Kier molecular flexibility index (Phi) is 16.7. The summed E-state index contributed by atoms with van der Waals surface area (Å²) >= 11 is 1.47. The van der Waals surface area contributed by atoms with E-state index in [0.29, 0.717) is 64.2 Å². The van der Waals surface area contributed by atoms with Crippen LogP contribution in [0.1, 0.15) is 53.0 Å². The first-order chi connectivity index (χ1) is 22.0. The number of aliphatic hydroxyl groups is 1. The van der Waals surface area contributed by atoms with E-state index in [4.69, 9.17) is 23.7 Å². The monoisotopic (exact) mass is 667 g/mol. The van der Waals surface area contributed by atoms with E-state index in [1.54, 1.807) is 7.11 Å². The third-order valence-corrected chi connectivity index (χ3v) is 8.93. The molecule has 0 aromatic heterocycles. The van der Waals surface area contributed by atoms with Gasteiger partial charge in [-0.3, -0.25) is 14.9 Å². The van der Waals surface area contributed by atoms with Gasteiger partial charge in [0.15, 0.2) is 0 Å². The van der Waals surface area contributed by atoms with Crippen LogP contribution >= 0.6 is 11.8 Å².